The normalized spacial score (nSPS) is 11.1. The molecule has 1 aromatic heterocycles. The second-order valence-electron chi connectivity index (χ2n) is 8.53. The molecule has 4 aromatic rings. The molecule has 38 heavy (non-hydrogen) atoms. The number of amides is 3. The SMILES string of the molecule is Cc1ccc(NC(=O)CSc2ccc(NC(=O)/C(=C/c3cccs3)NC(=O)c3ccccc3)cc2)c(C)c1. The molecule has 0 unspecified atom stereocenters. The van der Waals surface area contributed by atoms with Crippen LogP contribution in [0.4, 0.5) is 11.4 Å². The Morgan fingerprint density at radius 2 is 1.63 bits per heavy atom. The lowest BCUT2D eigenvalue weighted by molar-refractivity contribution is -0.114. The maximum absolute atomic E-state index is 13.1. The molecule has 3 N–H and O–H groups in total. The van der Waals surface area contributed by atoms with Crippen LogP contribution in [0.1, 0.15) is 26.4 Å². The molecule has 4 rings (SSSR count). The minimum atomic E-state index is -0.434. The largest absolute Gasteiger partial charge is 0.325 e. The lowest BCUT2D eigenvalue weighted by Gasteiger charge is -2.12. The van der Waals surface area contributed by atoms with Gasteiger partial charge < -0.3 is 16.0 Å². The van der Waals surface area contributed by atoms with Crippen molar-refractivity contribution < 1.29 is 14.4 Å². The molecule has 0 aliphatic carbocycles. The molecular weight excluding hydrogens is 514 g/mol. The van der Waals surface area contributed by atoms with E-state index in [1.54, 1.807) is 42.5 Å². The van der Waals surface area contributed by atoms with E-state index in [-0.39, 0.29) is 23.3 Å². The van der Waals surface area contributed by atoms with E-state index in [1.807, 2.05) is 67.8 Å². The first kappa shape index (κ1) is 26.9. The zero-order valence-corrected chi connectivity index (χ0v) is 22.6. The number of nitrogens with one attached hydrogen (secondary N) is 3. The number of rotatable bonds is 9. The number of carbonyl (C=O) groups excluding carboxylic acids is 3. The maximum atomic E-state index is 13.1. The monoisotopic (exact) mass is 541 g/mol. The third kappa shape index (κ3) is 7.68. The Morgan fingerprint density at radius 3 is 2.32 bits per heavy atom. The summed E-state index contributed by atoms with van der Waals surface area (Å²) in [6.45, 7) is 3.99. The van der Waals surface area contributed by atoms with Gasteiger partial charge in [0.2, 0.25) is 5.91 Å². The van der Waals surface area contributed by atoms with Gasteiger partial charge in [0.1, 0.15) is 5.70 Å². The number of anilines is 2. The number of aryl methyl sites for hydroxylation is 2. The van der Waals surface area contributed by atoms with E-state index in [2.05, 4.69) is 16.0 Å². The topological polar surface area (TPSA) is 87.3 Å². The molecule has 0 aliphatic heterocycles. The van der Waals surface area contributed by atoms with E-state index >= 15 is 0 Å². The fourth-order valence-corrected chi connectivity index (χ4v) is 4.94. The van der Waals surface area contributed by atoms with Crippen molar-refractivity contribution in [2.75, 3.05) is 16.4 Å². The van der Waals surface area contributed by atoms with Crippen LogP contribution >= 0.6 is 23.1 Å². The smallest absolute Gasteiger partial charge is 0.272 e. The molecule has 192 valence electrons. The van der Waals surface area contributed by atoms with E-state index in [9.17, 15) is 14.4 Å². The van der Waals surface area contributed by atoms with Gasteiger partial charge in [-0.2, -0.15) is 0 Å². The first-order valence-corrected chi connectivity index (χ1v) is 13.8. The van der Waals surface area contributed by atoms with Crippen LogP contribution in [0.2, 0.25) is 0 Å². The van der Waals surface area contributed by atoms with Crippen LogP contribution in [-0.4, -0.2) is 23.5 Å². The zero-order valence-electron chi connectivity index (χ0n) is 21.0. The lowest BCUT2D eigenvalue weighted by atomic mass is 10.1. The van der Waals surface area contributed by atoms with Crippen molar-refractivity contribution in [1.82, 2.24) is 5.32 Å². The van der Waals surface area contributed by atoms with Gasteiger partial charge in [0.15, 0.2) is 0 Å². The number of benzene rings is 3. The van der Waals surface area contributed by atoms with Crippen molar-refractivity contribution in [1.29, 1.82) is 0 Å². The minimum absolute atomic E-state index is 0.0863. The van der Waals surface area contributed by atoms with Crippen molar-refractivity contribution >= 4 is 58.3 Å². The summed E-state index contributed by atoms with van der Waals surface area (Å²) >= 11 is 2.87. The Labute approximate surface area is 230 Å². The summed E-state index contributed by atoms with van der Waals surface area (Å²) < 4.78 is 0. The predicted molar refractivity (Wildman–Crippen MR) is 157 cm³/mol. The number of carbonyl (C=O) groups is 3. The summed E-state index contributed by atoms with van der Waals surface area (Å²) in [5.74, 6) is -0.625. The van der Waals surface area contributed by atoms with Gasteiger partial charge in [0, 0.05) is 26.7 Å². The first-order chi connectivity index (χ1) is 18.4. The molecule has 0 bridgehead atoms. The van der Waals surface area contributed by atoms with Gasteiger partial charge in [-0.05, 0) is 79.4 Å². The molecule has 6 nitrogen and oxygen atoms in total. The van der Waals surface area contributed by atoms with Crippen LogP contribution in [0.15, 0.2) is 101 Å². The average Bonchev–Trinajstić information content (AvgIpc) is 3.43. The summed E-state index contributed by atoms with van der Waals surface area (Å²) in [7, 11) is 0. The molecule has 0 aliphatic rings. The molecule has 0 fully saturated rings. The molecule has 0 spiro atoms. The molecular formula is C30H27N3O3S2. The fourth-order valence-electron chi connectivity index (χ4n) is 3.58. The van der Waals surface area contributed by atoms with Crippen molar-refractivity contribution in [3.05, 3.63) is 118 Å². The van der Waals surface area contributed by atoms with E-state index in [0.717, 1.165) is 26.6 Å². The van der Waals surface area contributed by atoms with Gasteiger partial charge in [-0.25, -0.2) is 0 Å². The third-order valence-electron chi connectivity index (χ3n) is 5.50. The lowest BCUT2D eigenvalue weighted by Crippen LogP contribution is -2.30. The van der Waals surface area contributed by atoms with Crippen LogP contribution in [0.5, 0.6) is 0 Å². The standard InChI is InChI=1S/C30H27N3O3S2/c1-20-10-15-26(21(2)17-20)32-28(34)19-38-24-13-11-23(12-14-24)31-30(36)27(18-25-9-6-16-37-25)33-29(35)22-7-4-3-5-8-22/h3-18H,19H2,1-2H3,(H,31,36)(H,32,34)(H,33,35)/b27-18-. The van der Waals surface area contributed by atoms with E-state index in [4.69, 9.17) is 0 Å². The summed E-state index contributed by atoms with van der Waals surface area (Å²) in [5, 5.41) is 10.4. The third-order valence-corrected chi connectivity index (χ3v) is 7.33. The van der Waals surface area contributed by atoms with Crippen LogP contribution in [0.3, 0.4) is 0 Å². The minimum Gasteiger partial charge on any atom is -0.325 e. The van der Waals surface area contributed by atoms with Crippen molar-refractivity contribution in [3.8, 4) is 0 Å². The van der Waals surface area contributed by atoms with E-state index in [1.165, 1.54) is 23.1 Å². The Morgan fingerprint density at radius 1 is 0.868 bits per heavy atom. The predicted octanol–water partition coefficient (Wildman–Crippen LogP) is 6.51. The number of thioether (sulfide) groups is 1. The molecule has 1 heterocycles. The summed E-state index contributed by atoms with van der Waals surface area (Å²) in [6.07, 6.45) is 1.65. The number of hydrogen-bond donors (Lipinski definition) is 3. The molecule has 3 amide bonds. The molecule has 0 atom stereocenters. The first-order valence-electron chi connectivity index (χ1n) is 11.9. The van der Waals surface area contributed by atoms with Crippen LogP contribution < -0.4 is 16.0 Å². The highest BCUT2D eigenvalue weighted by molar-refractivity contribution is 8.00. The van der Waals surface area contributed by atoms with Gasteiger partial charge in [0.05, 0.1) is 5.75 Å². The Kier molecular flexibility index (Phi) is 9.13. The van der Waals surface area contributed by atoms with Crippen LogP contribution in [0, 0.1) is 13.8 Å². The molecule has 0 saturated carbocycles. The van der Waals surface area contributed by atoms with Crippen LogP contribution in [-0.2, 0) is 9.59 Å². The van der Waals surface area contributed by atoms with Gasteiger partial charge in [-0.3, -0.25) is 14.4 Å². The zero-order chi connectivity index (χ0) is 26.9. The number of hydrogen-bond acceptors (Lipinski definition) is 5. The molecule has 0 saturated heterocycles. The van der Waals surface area contributed by atoms with Crippen molar-refractivity contribution in [2.24, 2.45) is 0 Å². The van der Waals surface area contributed by atoms with Gasteiger partial charge in [0.25, 0.3) is 11.8 Å². The summed E-state index contributed by atoms with van der Waals surface area (Å²) in [6, 6.07) is 25.6. The van der Waals surface area contributed by atoms with E-state index in [0.29, 0.717) is 11.3 Å². The molecule has 0 radical (unpaired) electrons. The second-order valence-corrected chi connectivity index (χ2v) is 10.6. The maximum Gasteiger partial charge on any atom is 0.272 e. The highest BCUT2D eigenvalue weighted by Gasteiger charge is 2.15. The average molecular weight is 542 g/mol. The Bertz CT molecular complexity index is 1450. The quantitative estimate of drug-likeness (QED) is 0.167. The molecule has 3 aromatic carbocycles. The second kappa shape index (κ2) is 12.9. The van der Waals surface area contributed by atoms with Crippen molar-refractivity contribution in [3.63, 3.8) is 0 Å². The van der Waals surface area contributed by atoms with Gasteiger partial charge >= 0.3 is 0 Å². The van der Waals surface area contributed by atoms with Gasteiger partial charge in [-0.1, -0.05) is 42.0 Å². The highest BCUT2D eigenvalue weighted by atomic mass is 32.2. The van der Waals surface area contributed by atoms with E-state index < -0.39 is 5.91 Å². The van der Waals surface area contributed by atoms with Crippen LogP contribution in [0.25, 0.3) is 6.08 Å². The molecule has 8 heteroatoms. The summed E-state index contributed by atoms with van der Waals surface area (Å²) in [4.78, 5) is 39.9. The highest BCUT2D eigenvalue weighted by Crippen LogP contribution is 2.22. The fraction of sp³-hybridized carbons (Fsp3) is 0.100. The Balaban J connectivity index is 1.36. The van der Waals surface area contributed by atoms with Crippen molar-refractivity contribution in [2.45, 2.75) is 18.7 Å². The van der Waals surface area contributed by atoms with Gasteiger partial charge in [-0.15, -0.1) is 23.1 Å². The number of thiophene rings is 1. The summed E-state index contributed by atoms with van der Waals surface area (Å²) in [5.41, 5.74) is 4.16. The Hall–Kier alpha value is -4.14.